The summed E-state index contributed by atoms with van der Waals surface area (Å²) in [5.41, 5.74) is -0.664. The lowest BCUT2D eigenvalue weighted by molar-refractivity contribution is -0.151. The van der Waals surface area contributed by atoms with E-state index in [9.17, 15) is 19.5 Å². The van der Waals surface area contributed by atoms with E-state index in [1.165, 1.54) is 26.0 Å². The maximum absolute atomic E-state index is 12.2. The third kappa shape index (κ3) is 6.43. The molecule has 22 heavy (non-hydrogen) atoms. The van der Waals surface area contributed by atoms with Crippen molar-refractivity contribution < 1.29 is 29.0 Å². The van der Waals surface area contributed by atoms with Crippen LogP contribution in [0.2, 0.25) is 0 Å². The molecule has 1 amide bonds. The molecular formula is C15H27NO6. The van der Waals surface area contributed by atoms with Crippen molar-refractivity contribution in [1.82, 2.24) is 4.90 Å². The monoisotopic (exact) mass is 317 g/mol. The first-order chi connectivity index (χ1) is 9.90. The normalized spacial score (nSPS) is 15.5. The van der Waals surface area contributed by atoms with E-state index in [1.54, 1.807) is 27.7 Å². The van der Waals surface area contributed by atoms with Gasteiger partial charge in [-0.2, -0.15) is 0 Å². The number of hydrogen-bond donors (Lipinski definition) is 1. The van der Waals surface area contributed by atoms with Crippen LogP contribution in [0.3, 0.4) is 0 Å². The molecule has 0 aliphatic carbocycles. The van der Waals surface area contributed by atoms with Gasteiger partial charge >= 0.3 is 12.1 Å². The summed E-state index contributed by atoms with van der Waals surface area (Å²) in [5.74, 6) is -1.97. The number of rotatable bonds is 6. The Hall–Kier alpha value is -1.63. The van der Waals surface area contributed by atoms with Gasteiger partial charge in [0.05, 0.1) is 25.2 Å². The Morgan fingerprint density at radius 3 is 2.05 bits per heavy atom. The van der Waals surface area contributed by atoms with E-state index in [-0.39, 0.29) is 12.2 Å². The Morgan fingerprint density at radius 2 is 1.68 bits per heavy atom. The molecule has 0 saturated heterocycles. The van der Waals surface area contributed by atoms with Gasteiger partial charge in [0.25, 0.3) is 0 Å². The summed E-state index contributed by atoms with van der Waals surface area (Å²) in [6, 6.07) is -0.777. The minimum absolute atomic E-state index is 0.210. The molecule has 0 aromatic rings. The molecule has 0 radical (unpaired) electrons. The van der Waals surface area contributed by atoms with E-state index in [4.69, 9.17) is 4.74 Å². The first-order valence-electron chi connectivity index (χ1n) is 7.15. The molecule has 0 aromatic carbocycles. The van der Waals surface area contributed by atoms with Crippen LogP contribution in [-0.2, 0) is 19.1 Å². The topological polar surface area (TPSA) is 93.1 Å². The average Bonchev–Trinajstić information content (AvgIpc) is 2.39. The lowest BCUT2D eigenvalue weighted by Gasteiger charge is -2.28. The van der Waals surface area contributed by atoms with E-state index in [0.717, 1.165) is 0 Å². The molecule has 0 heterocycles. The summed E-state index contributed by atoms with van der Waals surface area (Å²) in [4.78, 5) is 36.9. The lowest BCUT2D eigenvalue weighted by atomic mass is 9.94. The van der Waals surface area contributed by atoms with E-state index >= 15 is 0 Å². The fourth-order valence-corrected chi connectivity index (χ4v) is 1.70. The van der Waals surface area contributed by atoms with Crippen molar-refractivity contribution in [2.75, 3.05) is 14.2 Å². The fraction of sp³-hybridized carbons (Fsp3) is 0.800. The van der Waals surface area contributed by atoms with Gasteiger partial charge in [0.2, 0.25) is 0 Å². The number of Topliss-reactive ketones (excluding diaryl/α,β-unsaturated/α-hetero) is 1. The molecule has 0 rings (SSSR count). The molecule has 0 saturated carbocycles. The largest absolute Gasteiger partial charge is 0.469 e. The number of amides is 1. The zero-order valence-corrected chi connectivity index (χ0v) is 14.4. The summed E-state index contributed by atoms with van der Waals surface area (Å²) < 4.78 is 9.76. The van der Waals surface area contributed by atoms with Gasteiger partial charge in [0.1, 0.15) is 5.60 Å². The molecule has 0 aliphatic heterocycles. The highest BCUT2D eigenvalue weighted by molar-refractivity contribution is 5.90. The molecule has 128 valence electrons. The zero-order valence-electron chi connectivity index (χ0n) is 14.4. The van der Waals surface area contributed by atoms with Gasteiger partial charge in [-0.3, -0.25) is 9.59 Å². The molecule has 0 aliphatic rings. The Kier molecular flexibility index (Phi) is 7.52. The summed E-state index contributed by atoms with van der Waals surface area (Å²) in [5, 5.41) is 9.59. The van der Waals surface area contributed by atoms with Crippen LogP contribution in [0, 0.1) is 5.92 Å². The van der Waals surface area contributed by atoms with Crippen molar-refractivity contribution in [2.45, 2.75) is 58.8 Å². The number of carbonyl (C=O) groups excluding carboxylic acids is 3. The minimum atomic E-state index is -1.02. The van der Waals surface area contributed by atoms with Crippen molar-refractivity contribution in [3.63, 3.8) is 0 Å². The number of hydrogen-bond acceptors (Lipinski definition) is 6. The minimum Gasteiger partial charge on any atom is -0.469 e. The van der Waals surface area contributed by atoms with E-state index in [1.807, 2.05) is 0 Å². The molecule has 0 unspecified atom stereocenters. The SMILES string of the molecule is COC(=O)[C@H](CC(=O)[C@@H](C)N(C)C(=O)OC(C)(C)C)[C@H](C)O. The van der Waals surface area contributed by atoms with Crippen LogP contribution in [0.5, 0.6) is 0 Å². The number of ether oxygens (including phenoxy) is 2. The number of nitrogens with zero attached hydrogens (tertiary/aromatic N) is 1. The van der Waals surface area contributed by atoms with Crippen LogP contribution in [0.15, 0.2) is 0 Å². The summed E-state index contributed by atoms with van der Waals surface area (Å²) in [6.07, 6.45) is -1.85. The van der Waals surface area contributed by atoms with Crippen molar-refractivity contribution in [3.05, 3.63) is 0 Å². The second-order valence-corrected chi connectivity index (χ2v) is 6.31. The number of aliphatic hydroxyl groups is 1. The van der Waals surface area contributed by atoms with Gasteiger partial charge in [0, 0.05) is 13.5 Å². The molecule has 0 bridgehead atoms. The fourth-order valence-electron chi connectivity index (χ4n) is 1.70. The predicted molar refractivity (Wildman–Crippen MR) is 80.3 cm³/mol. The average molecular weight is 317 g/mol. The number of ketones is 1. The first-order valence-corrected chi connectivity index (χ1v) is 7.15. The molecular weight excluding hydrogens is 290 g/mol. The van der Waals surface area contributed by atoms with Gasteiger partial charge in [0.15, 0.2) is 5.78 Å². The zero-order chi connectivity index (χ0) is 17.7. The highest BCUT2D eigenvalue weighted by Gasteiger charge is 2.32. The van der Waals surface area contributed by atoms with Crippen LogP contribution >= 0.6 is 0 Å². The molecule has 0 fully saturated rings. The highest BCUT2D eigenvalue weighted by atomic mass is 16.6. The summed E-state index contributed by atoms with van der Waals surface area (Å²) in [7, 11) is 2.64. The Morgan fingerprint density at radius 1 is 1.18 bits per heavy atom. The van der Waals surface area contributed by atoms with Crippen LogP contribution < -0.4 is 0 Å². The predicted octanol–water partition coefficient (Wildman–Crippen LogP) is 1.37. The number of methoxy groups -OCH3 is 1. The van der Waals surface area contributed by atoms with Gasteiger partial charge in [-0.25, -0.2) is 4.79 Å². The second kappa shape index (κ2) is 8.12. The maximum Gasteiger partial charge on any atom is 0.410 e. The van der Waals surface area contributed by atoms with Gasteiger partial charge in [-0.05, 0) is 34.6 Å². The maximum atomic E-state index is 12.2. The van der Waals surface area contributed by atoms with Crippen molar-refractivity contribution >= 4 is 17.8 Å². The first kappa shape index (κ1) is 20.4. The van der Waals surface area contributed by atoms with E-state index < -0.39 is 35.7 Å². The standard InChI is InChI=1S/C15H27NO6/c1-9(16(6)14(20)22-15(3,4)5)12(18)8-11(10(2)17)13(19)21-7/h9-11,17H,8H2,1-7H3/t9-,10+,11-/m1/s1. The van der Waals surface area contributed by atoms with Gasteiger partial charge < -0.3 is 19.5 Å². The van der Waals surface area contributed by atoms with Gasteiger partial charge in [-0.15, -0.1) is 0 Å². The molecule has 7 heteroatoms. The Bertz CT molecular complexity index is 413. The number of carbonyl (C=O) groups is 3. The van der Waals surface area contributed by atoms with Crippen molar-refractivity contribution in [3.8, 4) is 0 Å². The van der Waals surface area contributed by atoms with E-state index in [0.29, 0.717) is 0 Å². The van der Waals surface area contributed by atoms with Crippen LogP contribution in [-0.4, -0.2) is 59.8 Å². The summed E-state index contributed by atoms with van der Waals surface area (Å²) >= 11 is 0. The molecule has 1 N–H and O–H groups in total. The second-order valence-electron chi connectivity index (χ2n) is 6.31. The van der Waals surface area contributed by atoms with Crippen LogP contribution in [0.1, 0.15) is 41.0 Å². The number of esters is 1. The molecule has 0 spiro atoms. The highest BCUT2D eigenvalue weighted by Crippen LogP contribution is 2.16. The van der Waals surface area contributed by atoms with Crippen LogP contribution in [0.25, 0.3) is 0 Å². The third-order valence-electron chi connectivity index (χ3n) is 3.24. The lowest BCUT2D eigenvalue weighted by Crippen LogP contribution is -2.44. The third-order valence-corrected chi connectivity index (χ3v) is 3.24. The molecule has 0 aromatic heterocycles. The Balaban J connectivity index is 4.83. The molecule has 7 nitrogen and oxygen atoms in total. The number of likely N-dealkylation sites (N-methyl/N-ethyl adjacent to an activating group) is 1. The van der Waals surface area contributed by atoms with E-state index in [2.05, 4.69) is 4.74 Å². The van der Waals surface area contributed by atoms with Gasteiger partial charge in [-0.1, -0.05) is 0 Å². The van der Waals surface area contributed by atoms with Crippen LogP contribution in [0.4, 0.5) is 4.79 Å². The summed E-state index contributed by atoms with van der Waals surface area (Å²) in [6.45, 7) is 8.14. The van der Waals surface area contributed by atoms with Crippen molar-refractivity contribution in [1.29, 1.82) is 0 Å². The molecule has 3 atom stereocenters. The quantitative estimate of drug-likeness (QED) is 0.744. The number of aliphatic hydroxyl groups excluding tert-OH is 1. The smallest absolute Gasteiger partial charge is 0.410 e. The Labute approximate surface area is 131 Å². The van der Waals surface area contributed by atoms with Crippen molar-refractivity contribution in [2.24, 2.45) is 5.92 Å².